The van der Waals surface area contributed by atoms with Crippen LogP contribution in [0.4, 0.5) is 19.3 Å². The first-order valence-corrected chi connectivity index (χ1v) is 11.1. The molecule has 32 heavy (non-hydrogen) atoms. The molecule has 2 heterocycles. The Morgan fingerprint density at radius 3 is 2.53 bits per heavy atom. The minimum Gasteiger partial charge on any atom is -0.334 e. The van der Waals surface area contributed by atoms with Crippen molar-refractivity contribution in [2.24, 2.45) is 5.92 Å². The van der Waals surface area contributed by atoms with E-state index in [1.54, 1.807) is 4.90 Å². The van der Waals surface area contributed by atoms with Crippen molar-refractivity contribution in [2.45, 2.75) is 37.8 Å². The van der Waals surface area contributed by atoms with Crippen molar-refractivity contribution in [3.05, 3.63) is 70.8 Å². The Kier molecular flexibility index (Phi) is 4.35. The molecule has 2 fully saturated rings. The van der Waals surface area contributed by atoms with Gasteiger partial charge in [-0.2, -0.15) is 0 Å². The fraction of sp³-hybridized carbons (Fsp3) is 0.360. The van der Waals surface area contributed by atoms with Gasteiger partial charge in [-0.3, -0.25) is 4.79 Å². The van der Waals surface area contributed by atoms with E-state index in [0.29, 0.717) is 6.54 Å². The van der Waals surface area contributed by atoms with Gasteiger partial charge in [0, 0.05) is 18.0 Å². The summed E-state index contributed by atoms with van der Waals surface area (Å²) in [5, 5.41) is 2.55. The van der Waals surface area contributed by atoms with E-state index in [-0.39, 0.29) is 42.2 Å². The van der Waals surface area contributed by atoms with Crippen molar-refractivity contribution in [3.63, 3.8) is 0 Å². The van der Waals surface area contributed by atoms with E-state index in [9.17, 15) is 18.4 Å². The van der Waals surface area contributed by atoms with E-state index >= 15 is 0 Å². The van der Waals surface area contributed by atoms with Gasteiger partial charge in [-0.15, -0.1) is 0 Å². The number of urea groups is 1. The number of carbonyl (C=O) groups is 2. The lowest BCUT2D eigenvalue weighted by Crippen LogP contribution is -2.47. The SMILES string of the molecule is O=C1Nc2ccc(F)c(F)c2CN1CC(=O)N1C[C@H]2C[C@@H]1C=C2c1ccc(C2CC2)cc1. The number of nitrogens with one attached hydrogen (secondary N) is 1. The van der Waals surface area contributed by atoms with Gasteiger partial charge in [0.2, 0.25) is 5.91 Å². The summed E-state index contributed by atoms with van der Waals surface area (Å²) in [6, 6.07) is 10.7. The second-order valence-electron chi connectivity index (χ2n) is 9.24. The second kappa shape index (κ2) is 7.15. The number of anilines is 1. The van der Waals surface area contributed by atoms with Gasteiger partial charge < -0.3 is 15.1 Å². The maximum absolute atomic E-state index is 14.2. The molecule has 2 aliphatic carbocycles. The van der Waals surface area contributed by atoms with Crippen LogP contribution in [-0.2, 0) is 11.3 Å². The molecule has 0 spiro atoms. The summed E-state index contributed by atoms with van der Waals surface area (Å²) < 4.78 is 27.8. The Morgan fingerprint density at radius 1 is 1.06 bits per heavy atom. The van der Waals surface area contributed by atoms with Crippen molar-refractivity contribution >= 4 is 23.2 Å². The maximum atomic E-state index is 14.2. The van der Waals surface area contributed by atoms with Crippen LogP contribution in [0.15, 0.2) is 42.5 Å². The van der Waals surface area contributed by atoms with Crippen molar-refractivity contribution in [2.75, 3.05) is 18.4 Å². The number of carbonyl (C=O) groups excluding carboxylic acids is 2. The number of likely N-dealkylation sites (tertiary alicyclic amines) is 1. The van der Waals surface area contributed by atoms with E-state index in [1.165, 1.54) is 40.5 Å². The third kappa shape index (κ3) is 3.18. The molecule has 2 aliphatic heterocycles. The van der Waals surface area contributed by atoms with Gasteiger partial charge in [-0.05, 0) is 54.0 Å². The number of amides is 3. The van der Waals surface area contributed by atoms with Crippen LogP contribution in [0.1, 0.15) is 41.9 Å². The molecule has 2 aromatic carbocycles. The summed E-state index contributed by atoms with van der Waals surface area (Å²) >= 11 is 0. The number of hydrogen-bond acceptors (Lipinski definition) is 2. The van der Waals surface area contributed by atoms with Gasteiger partial charge in [-0.1, -0.05) is 30.3 Å². The molecule has 4 aliphatic rings. The highest BCUT2D eigenvalue weighted by molar-refractivity contribution is 5.95. The fourth-order valence-electron chi connectivity index (χ4n) is 5.28. The number of halogens is 2. The zero-order valence-electron chi connectivity index (χ0n) is 17.5. The Labute approximate surface area is 184 Å². The van der Waals surface area contributed by atoms with Crippen molar-refractivity contribution in [3.8, 4) is 0 Å². The molecular formula is C25H23F2N3O2. The molecule has 0 aromatic heterocycles. The van der Waals surface area contributed by atoms with Crippen LogP contribution in [0.3, 0.4) is 0 Å². The Hall–Kier alpha value is -3.22. The minimum atomic E-state index is -0.986. The van der Waals surface area contributed by atoms with Crippen molar-refractivity contribution in [1.82, 2.24) is 9.80 Å². The van der Waals surface area contributed by atoms with E-state index in [2.05, 4.69) is 35.7 Å². The summed E-state index contributed by atoms with van der Waals surface area (Å²) in [7, 11) is 0. The van der Waals surface area contributed by atoms with Gasteiger partial charge >= 0.3 is 6.03 Å². The van der Waals surface area contributed by atoms with E-state index in [0.717, 1.165) is 18.4 Å². The maximum Gasteiger partial charge on any atom is 0.322 e. The zero-order chi connectivity index (χ0) is 22.0. The highest BCUT2D eigenvalue weighted by atomic mass is 19.2. The Balaban J connectivity index is 1.15. The van der Waals surface area contributed by atoms with Crippen LogP contribution < -0.4 is 5.32 Å². The standard InChI is InChI=1S/C25H23F2N3O2/c26-21-7-8-22-20(24(21)27)12-29(25(32)28-22)13-23(31)30-11-17-9-18(30)10-19(17)16-5-3-15(4-6-16)14-1-2-14/h3-8,10,14,17-18H,1-2,9,11-13H2,(H,28,32)/t17-,18-/m1/s1. The number of hydrogen-bond donors (Lipinski definition) is 1. The molecule has 6 rings (SSSR count). The fourth-order valence-corrected chi connectivity index (χ4v) is 5.28. The first kappa shape index (κ1) is 19.5. The molecule has 5 nitrogen and oxygen atoms in total. The van der Waals surface area contributed by atoms with Crippen LogP contribution in [0.5, 0.6) is 0 Å². The van der Waals surface area contributed by atoms with Gasteiger partial charge in [0.25, 0.3) is 0 Å². The second-order valence-corrected chi connectivity index (χ2v) is 9.24. The lowest BCUT2D eigenvalue weighted by atomic mass is 9.94. The summed E-state index contributed by atoms with van der Waals surface area (Å²) in [6.07, 6.45) is 5.62. The van der Waals surface area contributed by atoms with E-state index in [4.69, 9.17) is 0 Å². The van der Waals surface area contributed by atoms with Crippen LogP contribution in [0, 0.1) is 17.6 Å². The number of benzene rings is 2. The van der Waals surface area contributed by atoms with E-state index in [1.807, 2.05) is 0 Å². The molecule has 1 N–H and O–H groups in total. The first-order chi connectivity index (χ1) is 15.5. The molecule has 0 unspecified atom stereocenters. The predicted octanol–water partition coefficient (Wildman–Crippen LogP) is 4.50. The molecule has 2 atom stereocenters. The quantitative estimate of drug-likeness (QED) is 0.769. The van der Waals surface area contributed by atoms with Crippen molar-refractivity contribution in [1.29, 1.82) is 0 Å². The summed E-state index contributed by atoms with van der Waals surface area (Å²) in [5.41, 5.74) is 4.24. The van der Waals surface area contributed by atoms with E-state index < -0.39 is 17.7 Å². The summed E-state index contributed by atoms with van der Waals surface area (Å²) in [5.74, 6) is -1.10. The molecule has 3 amide bonds. The van der Waals surface area contributed by atoms with Crippen LogP contribution in [-0.4, -0.2) is 40.9 Å². The van der Waals surface area contributed by atoms with Gasteiger partial charge in [-0.25, -0.2) is 13.6 Å². The van der Waals surface area contributed by atoms with Gasteiger partial charge in [0.1, 0.15) is 6.54 Å². The van der Waals surface area contributed by atoms with Gasteiger partial charge in [0.15, 0.2) is 11.6 Å². The lowest BCUT2D eigenvalue weighted by molar-refractivity contribution is -0.132. The number of rotatable bonds is 4. The molecule has 2 aromatic rings. The third-order valence-corrected chi connectivity index (χ3v) is 7.17. The Bertz CT molecular complexity index is 1160. The molecule has 0 radical (unpaired) electrons. The summed E-state index contributed by atoms with van der Waals surface area (Å²) in [6.45, 7) is 0.325. The largest absolute Gasteiger partial charge is 0.334 e. The average molecular weight is 435 g/mol. The highest BCUT2D eigenvalue weighted by Gasteiger charge is 2.42. The van der Waals surface area contributed by atoms with Crippen molar-refractivity contribution < 1.29 is 18.4 Å². The van der Waals surface area contributed by atoms with Crippen LogP contribution in [0.25, 0.3) is 5.57 Å². The van der Waals surface area contributed by atoms with Gasteiger partial charge in [0.05, 0.1) is 18.3 Å². The molecule has 2 bridgehead atoms. The topological polar surface area (TPSA) is 52.7 Å². The monoisotopic (exact) mass is 435 g/mol. The predicted molar refractivity (Wildman–Crippen MR) is 116 cm³/mol. The molecular weight excluding hydrogens is 412 g/mol. The third-order valence-electron chi connectivity index (χ3n) is 7.17. The molecule has 1 saturated heterocycles. The zero-order valence-corrected chi connectivity index (χ0v) is 17.5. The molecule has 164 valence electrons. The first-order valence-electron chi connectivity index (χ1n) is 11.1. The molecule has 7 heteroatoms. The number of nitrogens with zero attached hydrogens (tertiary/aromatic N) is 2. The summed E-state index contributed by atoms with van der Waals surface area (Å²) in [4.78, 5) is 28.4. The van der Waals surface area contributed by atoms with Crippen LogP contribution >= 0.6 is 0 Å². The normalized spacial score (nSPS) is 23.8. The molecule has 1 saturated carbocycles. The minimum absolute atomic E-state index is 0.0138. The lowest BCUT2D eigenvalue weighted by Gasteiger charge is -2.32. The smallest absolute Gasteiger partial charge is 0.322 e. The average Bonchev–Trinajstić information content (AvgIpc) is 3.45. The van der Waals surface area contributed by atoms with Crippen LogP contribution in [0.2, 0.25) is 0 Å². The Morgan fingerprint density at radius 2 is 1.84 bits per heavy atom. The highest BCUT2D eigenvalue weighted by Crippen LogP contribution is 2.44. The number of fused-ring (bicyclic) bond motifs is 3.